The fourth-order valence-electron chi connectivity index (χ4n) is 2.84. The molecule has 0 bridgehead atoms. The molecule has 3 heterocycles. The van der Waals surface area contributed by atoms with Crippen LogP contribution in [-0.4, -0.2) is 46.1 Å². The van der Waals surface area contributed by atoms with Gasteiger partial charge in [0.2, 0.25) is 0 Å². The molecule has 22 heavy (non-hydrogen) atoms. The average Bonchev–Trinajstić information content (AvgIpc) is 3.00. The van der Waals surface area contributed by atoms with Gasteiger partial charge in [-0.15, -0.1) is 0 Å². The van der Waals surface area contributed by atoms with E-state index in [-0.39, 0.29) is 0 Å². The lowest BCUT2D eigenvalue weighted by molar-refractivity contribution is 0.122. The molecule has 0 aliphatic carbocycles. The third kappa shape index (κ3) is 2.12. The van der Waals surface area contributed by atoms with Crippen molar-refractivity contribution in [2.45, 2.75) is 6.92 Å². The first kappa shape index (κ1) is 13.2. The molecule has 1 fully saturated rings. The van der Waals surface area contributed by atoms with Crippen LogP contribution in [0.3, 0.4) is 0 Å². The molecule has 1 aliphatic rings. The molecule has 112 valence electrons. The number of hydrogen-bond donors (Lipinski definition) is 0. The maximum atomic E-state index is 5.42. The number of nitrogens with zero attached hydrogens (tertiary/aromatic N) is 5. The summed E-state index contributed by atoms with van der Waals surface area (Å²) in [5.41, 5.74) is 3.05. The summed E-state index contributed by atoms with van der Waals surface area (Å²) in [7, 11) is 0. The predicted molar refractivity (Wildman–Crippen MR) is 84.4 cm³/mol. The normalized spacial score (nSPS) is 15.4. The van der Waals surface area contributed by atoms with Gasteiger partial charge in [-0.3, -0.25) is 0 Å². The lowest BCUT2D eigenvalue weighted by Crippen LogP contribution is -2.36. The largest absolute Gasteiger partial charge is 0.378 e. The van der Waals surface area contributed by atoms with E-state index in [1.54, 1.807) is 6.33 Å². The minimum absolute atomic E-state index is 0.734. The first-order valence-electron chi connectivity index (χ1n) is 7.42. The van der Waals surface area contributed by atoms with E-state index in [9.17, 15) is 0 Å². The van der Waals surface area contributed by atoms with Gasteiger partial charge in [-0.2, -0.15) is 5.10 Å². The zero-order valence-electron chi connectivity index (χ0n) is 12.4. The van der Waals surface area contributed by atoms with Crippen molar-refractivity contribution in [2.75, 3.05) is 31.2 Å². The van der Waals surface area contributed by atoms with Crippen LogP contribution in [-0.2, 0) is 4.74 Å². The van der Waals surface area contributed by atoms with Crippen LogP contribution in [0.4, 0.5) is 5.82 Å². The Kier molecular flexibility index (Phi) is 3.23. The molecule has 0 radical (unpaired) electrons. The zero-order valence-corrected chi connectivity index (χ0v) is 12.4. The van der Waals surface area contributed by atoms with Crippen LogP contribution in [0.1, 0.15) is 5.56 Å². The van der Waals surface area contributed by atoms with Crippen LogP contribution in [0.2, 0.25) is 0 Å². The summed E-state index contributed by atoms with van der Waals surface area (Å²) in [6, 6.07) is 8.17. The first-order chi connectivity index (χ1) is 10.8. The summed E-state index contributed by atoms with van der Waals surface area (Å²) in [5, 5.41) is 5.52. The standard InChI is InChI=1S/C16H17N5O/c1-12-4-2-3-5-14(12)21-16-13(10-19-21)15(17-11-18-16)20-6-8-22-9-7-20/h2-5,10-11H,6-9H2,1H3. The third-order valence-electron chi connectivity index (χ3n) is 4.00. The summed E-state index contributed by atoms with van der Waals surface area (Å²) >= 11 is 0. The smallest absolute Gasteiger partial charge is 0.168 e. The van der Waals surface area contributed by atoms with Crippen molar-refractivity contribution in [3.63, 3.8) is 0 Å². The van der Waals surface area contributed by atoms with Crippen LogP contribution in [0.25, 0.3) is 16.7 Å². The molecule has 3 aromatic rings. The lowest BCUT2D eigenvalue weighted by atomic mass is 10.2. The quantitative estimate of drug-likeness (QED) is 0.723. The van der Waals surface area contributed by atoms with Crippen molar-refractivity contribution in [3.05, 3.63) is 42.4 Å². The van der Waals surface area contributed by atoms with Crippen molar-refractivity contribution < 1.29 is 4.74 Å². The molecule has 2 aromatic heterocycles. The minimum Gasteiger partial charge on any atom is -0.378 e. The summed E-state index contributed by atoms with van der Waals surface area (Å²) in [5.74, 6) is 0.938. The molecule has 1 aromatic carbocycles. The maximum absolute atomic E-state index is 5.42. The van der Waals surface area contributed by atoms with Gasteiger partial charge in [0.15, 0.2) is 5.65 Å². The summed E-state index contributed by atoms with van der Waals surface area (Å²) in [6.45, 7) is 5.24. The van der Waals surface area contributed by atoms with Gasteiger partial charge in [0.1, 0.15) is 12.1 Å². The number of anilines is 1. The van der Waals surface area contributed by atoms with Crippen molar-refractivity contribution >= 4 is 16.9 Å². The maximum Gasteiger partial charge on any atom is 0.168 e. The van der Waals surface area contributed by atoms with Crippen LogP contribution < -0.4 is 4.90 Å². The van der Waals surface area contributed by atoms with Gasteiger partial charge in [-0.05, 0) is 18.6 Å². The van der Waals surface area contributed by atoms with Gasteiger partial charge >= 0.3 is 0 Å². The van der Waals surface area contributed by atoms with E-state index in [0.29, 0.717) is 0 Å². The van der Waals surface area contributed by atoms with Crippen LogP contribution in [0, 0.1) is 6.92 Å². The number of hydrogen-bond acceptors (Lipinski definition) is 5. The Morgan fingerprint density at radius 2 is 1.91 bits per heavy atom. The second-order valence-electron chi connectivity index (χ2n) is 5.38. The SMILES string of the molecule is Cc1ccccc1-n1ncc2c(N3CCOCC3)ncnc21. The molecule has 1 saturated heterocycles. The van der Waals surface area contributed by atoms with Gasteiger partial charge in [0, 0.05) is 13.1 Å². The van der Waals surface area contributed by atoms with Gasteiger partial charge in [0.05, 0.1) is 30.5 Å². The number of rotatable bonds is 2. The van der Waals surface area contributed by atoms with Crippen molar-refractivity contribution in [1.82, 2.24) is 19.7 Å². The van der Waals surface area contributed by atoms with Gasteiger partial charge in [-0.1, -0.05) is 18.2 Å². The molecule has 0 atom stereocenters. The Bertz CT molecular complexity index is 807. The molecule has 4 rings (SSSR count). The van der Waals surface area contributed by atoms with Gasteiger partial charge < -0.3 is 9.64 Å². The fourth-order valence-corrected chi connectivity index (χ4v) is 2.84. The number of aromatic nitrogens is 4. The van der Waals surface area contributed by atoms with E-state index in [2.05, 4.69) is 39.0 Å². The average molecular weight is 295 g/mol. The predicted octanol–water partition coefficient (Wildman–Crippen LogP) is 1.96. The topological polar surface area (TPSA) is 56.1 Å². The zero-order chi connectivity index (χ0) is 14.9. The van der Waals surface area contributed by atoms with E-state index in [0.717, 1.165) is 48.8 Å². The Hall–Kier alpha value is -2.47. The second-order valence-corrected chi connectivity index (χ2v) is 5.38. The van der Waals surface area contributed by atoms with Crippen LogP contribution in [0.5, 0.6) is 0 Å². The molecule has 0 unspecified atom stereocenters. The van der Waals surface area contributed by atoms with Crippen molar-refractivity contribution in [2.24, 2.45) is 0 Å². The number of fused-ring (bicyclic) bond motifs is 1. The highest BCUT2D eigenvalue weighted by Crippen LogP contribution is 2.26. The van der Waals surface area contributed by atoms with Crippen molar-refractivity contribution in [3.8, 4) is 5.69 Å². The van der Waals surface area contributed by atoms with Crippen molar-refractivity contribution in [1.29, 1.82) is 0 Å². The highest BCUT2D eigenvalue weighted by Gasteiger charge is 2.18. The Labute approximate surface area is 128 Å². The first-order valence-corrected chi connectivity index (χ1v) is 7.42. The number of ether oxygens (including phenoxy) is 1. The molecule has 0 saturated carbocycles. The van der Waals surface area contributed by atoms with E-state index in [1.165, 1.54) is 5.56 Å². The highest BCUT2D eigenvalue weighted by atomic mass is 16.5. The third-order valence-corrected chi connectivity index (χ3v) is 4.00. The van der Waals surface area contributed by atoms with Crippen LogP contribution in [0.15, 0.2) is 36.8 Å². The lowest BCUT2D eigenvalue weighted by Gasteiger charge is -2.27. The molecule has 0 spiro atoms. The summed E-state index contributed by atoms with van der Waals surface area (Å²) < 4.78 is 7.30. The fraction of sp³-hybridized carbons (Fsp3) is 0.312. The summed E-state index contributed by atoms with van der Waals surface area (Å²) in [4.78, 5) is 11.1. The van der Waals surface area contributed by atoms with E-state index >= 15 is 0 Å². The summed E-state index contributed by atoms with van der Waals surface area (Å²) in [6.07, 6.45) is 3.47. The molecule has 0 N–H and O–H groups in total. The molecule has 6 nitrogen and oxygen atoms in total. The number of morpholine rings is 1. The van der Waals surface area contributed by atoms with E-state index < -0.39 is 0 Å². The van der Waals surface area contributed by atoms with Gasteiger partial charge in [-0.25, -0.2) is 14.6 Å². The Morgan fingerprint density at radius 1 is 1.09 bits per heavy atom. The van der Waals surface area contributed by atoms with Crippen LogP contribution >= 0.6 is 0 Å². The second kappa shape index (κ2) is 5.38. The monoisotopic (exact) mass is 295 g/mol. The molecule has 0 amide bonds. The highest BCUT2D eigenvalue weighted by molar-refractivity contribution is 5.87. The number of para-hydroxylation sites is 1. The molecular weight excluding hydrogens is 278 g/mol. The van der Waals surface area contributed by atoms with E-state index in [1.807, 2.05) is 23.0 Å². The molecule has 6 heteroatoms. The van der Waals surface area contributed by atoms with E-state index in [4.69, 9.17) is 4.74 Å². The Morgan fingerprint density at radius 3 is 2.73 bits per heavy atom. The minimum atomic E-state index is 0.734. The van der Waals surface area contributed by atoms with Gasteiger partial charge in [0.25, 0.3) is 0 Å². The molecule has 1 aliphatic heterocycles. The number of benzene rings is 1. The Balaban J connectivity index is 1.85. The molecular formula is C16H17N5O. The number of aryl methyl sites for hydroxylation is 1.